The van der Waals surface area contributed by atoms with Gasteiger partial charge < -0.3 is 24.6 Å². The maximum absolute atomic E-state index is 12.1. The van der Waals surface area contributed by atoms with E-state index in [0.29, 0.717) is 30.1 Å². The molecular formula is C16H21NO6. The van der Waals surface area contributed by atoms with Crippen LogP contribution in [0.15, 0.2) is 12.1 Å². The second-order valence-electron chi connectivity index (χ2n) is 5.48. The van der Waals surface area contributed by atoms with Gasteiger partial charge in [-0.3, -0.25) is 9.59 Å². The summed E-state index contributed by atoms with van der Waals surface area (Å²) >= 11 is 0. The van der Waals surface area contributed by atoms with E-state index >= 15 is 0 Å². The lowest BCUT2D eigenvalue weighted by molar-refractivity contribution is -0.146. The highest BCUT2D eigenvalue weighted by atomic mass is 16.5. The normalized spacial score (nSPS) is 19.4. The highest BCUT2D eigenvalue weighted by Gasteiger charge is 2.35. The molecule has 7 heteroatoms. The molecule has 126 valence electrons. The molecular weight excluding hydrogens is 302 g/mol. The molecule has 0 spiro atoms. The number of nitrogens with one attached hydrogen (secondary N) is 1. The number of hydrogen-bond acceptors (Lipinski definition) is 5. The van der Waals surface area contributed by atoms with Crippen LogP contribution in [-0.4, -0.2) is 44.4 Å². The van der Waals surface area contributed by atoms with Gasteiger partial charge in [0.25, 0.3) is 0 Å². The van der Waals surface area contributed by atoms with Crippen LogP contribution in [0, 0.1) is 5.92 Å². The Morgan fingerprint density at radius 2 is 1.70 bits per heavy atom. The van der Waals surface area contributed by atoms with Gasteiger partial charge in [0.1, 0.15) is 0 Å². The van der Waals surface area contributed by atoms with Crippen LogP contribution in [0.25, 0.3) is 0 Å². The molecule has 23 heavy (non-hydrogen) atoms. The first kappa shape index (κ1) is 16.9. The second kappa shape index (κ2) is 7.21. The summed E-state index contributed by atoms with van der Waals surface area (Å²) in [5.41, 5.74) is 0.728. The van der Waals surface area contributed by atoms with E-state index in [1.54, 1.807) is 12.1 Å². The number of carboxylic acid groups (broad SMARTS) is 1. The monoisotopic (exact) mass is 323 g/mol. The van der Waals surface area contributed by atoms with E-state index in [2.05, 4.69) is 5.32 Å². The van der Waals surface area contributed by atoms with Crippen LogP contribution in [0.2, 0.25) is 0 Å². The highest BCUT2D eigenvalue weighted by molar-refractivity contribution is 5.80. The molecule has 0 bridgehead atoms. The summed E-state index contributed by atoms with van der Waals surface area (Å²) in [7, 11) is 4.55. The van der Waals surface area contributed by atoms with Gasteiger partial charge in [0, 0.05) is 6.04 Å². The van der Waals surface area contributed by atoms with Crippen molar-refractivity contribution in [2.75, 3.05) is 21.3 Å². The SMILES string of the molecule is COc1cc(CC(=O)NC2CC(C(=O)O)C2)cc(OC)c1OC. The molecule has 1 aromatic carbocycles. The van der Waals surface area contributed by atoms with E-state index in [-0.39, 0.29) is 24.3 Å². The van der Waals surface area contributed by atoms with Crippen LogP contribution in [-0.2, 0) is 16.0 Å². The highest BCUT2D eigenvalue weighted by Crippen LogP contribution is 2.38. The zero-order valence-electron chi connectivity index (χ0n) is 13.4. The summed E-state index contributed by atoms with van der Waals surface area (Å²) in [6, 6.07) is 3.38. The molecule has 1 amide bonds. The Morgan fingerprint density at radius 1 is 1.13 bits per heavy atom. The first-order chi connectivity index (χ1) is 11.0. The summed E-state index contributed by atoms with van der Waals surface area (Å²) in [5, 5.41) is 11.7. The number of carbonyl (C=O) groups is 2. The number of benzene rings is 1. The molecule has 2 N–H and O–H groups in total. The zero-order valence-corrected chi connectivity index (χ0v) is 13.4. The third kappa shape index (κ3) is 3.85. The third-order valence-electron chi connectivity index (χ3n) is 3.94. The molecule has 1 aromatic rings. The molecule has 2 rings (SSSR count). The Balaban J connectivity index is 1.99. The molecule has 0 unspecified atom stereocenters. The van der Waals surface area contributed by atoms with E-state index in [0.717, 1.165) is 5.56 Å². The standard InChI is InChI=1S/C16H21NO6/c1-21-12-4-9(5-13(22-2)15(12)23-3)6-14(18)17-11-7-10(8-11)16(19)20/h4-5,10-11H,6-8H2,1-3H3,(H,17,18)(H,19,20). The van der Waals surface area contributed by atoms with Crippen LogP contribution in [0.1, 0.15) is 18.4 Å². The molecule has 1 aliphatic carbocycles. The van der Waals surface area contributed by atoms with Gasteiger partial charge in [-0.2, -0.15) is 0 Å². The smallest absolute Gasteiger partial charge is 0.306 e. The molecule has 0 atom stereocenters. The Kier molecular flexibility index (Phi) is 5.31. The molecule has 0 aliphatic heterocycles. The molecule has 0 radical (unpaired) electrons. The Hall–Kier alpha value is -2.44. The minimum absolute atomic E-state index is 0.0642. The summed E-state index contributed by atoms with van der Waals surface area (Å²) < 4.78 is 15.7. The van der Waals surface area contributed by atoms with Crippen LogP contribution < -0.4 is 19.5 Å². The van der Waals surface area contributed by atoms with Gasteiger partial charge in [-0.15, -0.1) is 0 Å². The van der Waals surface area contributed by atoms with Crippen LogP contribution in [0.5, 0.6) is 17.2 Å². The molecule has 1 saturated carbocycles. The van der Waals surface area contributed by atoms with Crippen molar-refractivity contribution in [1.82, 2.24) is 5.32 Å². The Bertz CT molecular complexity index is 569. The summed E-state index contributed by atoms with van der Waals surface area (Å²) in [6.45, 7) is 0. The summed E-state index contributed by atoms with van der Waals surface area (Å²) in [4.78, 5) is 22.8. The van der Waals surface area contributed by atoms with Crippen LogP contribution in [0.3, 0.4) is 0 Å². The topological polar surface area (TPSA) is 94.1 Å². The fraction of sp³-hybridized carbons (Fsp3) is 0.500. The number of amides is 1. The van der Waals surface area contributed by atoms with Crippen LogP contribution in [0.4, 0.5) is 0 Å². The molecule has 0 aromatic heterocycles. The summed E-state index contributed by atoms with van der Waals surface area (Å²) in [6.07, 6.45) is 1.12. The van der Waals surface area contributed by atoms with E-state index in [4.69, 9.17) is 19.3 Å². The Morgan fingerprint density at radius 3 is 2.13 bits per heavy atom. The first-order valence-electron chi connectivity index (χ1n) is 7.29. The first-order valence-corrected chi connectivity index (χ1v) is 7.29. The third-order valence-corrected chi connectivity index (χ3v) is 3.94. The second-order valence-corrected chi connectivity index (χ2v) is 5.48. The van der Waals surface area contributed by atoms with Crippen molar-refractivity contribution >= 4 is 11.9 Å². The van der Waals surface area contributed by atoms with E-state index in [1.165, 1.54) is 21.3 Å². The number of rotatable bonds is 7. The van der Waals surface area contributed by atoms with Crippen molar-refractivity contribution in [3.63, 3.8) is 0 Å². The van der Waals surface area contributed by atoms with Gasteiger partial charge in [0.05, 0.1) is 33.7 Å². The average molecular weight is 323 g/mol. The predicted octanol–water partition coefficient (Wildman–Crippen LogP) is 1.23. The van der Waals surface area contributed by atoms with Crippen molar-refractivity contribution in [2.45, 2.75) is 25.3 Å². The van der Waals surface area contributed by atoms with E-state index < -0.39 is 5.97 Å². The molecule has 0 heterocycles. The van der Waals surface area contributed by atoms with Crippen molar-refractivity contribution in [3.8, 4) is 17.2 Å². The van der Waals surface area contributed by atoms with E-state index in [1.807, 2.05) is 0 Å². The molecule has 0 saturated heterocycles. The molecule has 7 nitrogen and oxygen atoms in total. The zero-order chi connectivity index (χ0) is 17.0. The van der Waals surface area contributed by atoms with Gasteiger partial charge in [0.15, 0.2) is 11.5 Å². The van der Waals surface area contributed by atoms with Gasteiger partial charge in [0.2, 0.25) is 11.7 Å². The quantitative estimate of drug-likeness (QED) is 0.784. The number of carbonyl (C=O) groups excluding carboxylic acids is 1. The largest absolute Gasteiger partial charge is 0.493 e. The van der Waals surface area contributed by atoms with Crippen molar-refractivity contribution in [3.05, 3.63) is 17.7 Å². The predicted molar refractivity (Wildman–Crippen MR) is 82.1 cm³/mol. The van der Waals surface area contributed by atoms with Gasteiger partial charge >= 0.3 is 5.97 Å². The number of ether oxygens (including phenoxy) is 3. The Labute approximate surface area is 134 Å². The summed E-state index contributed by atoms with van der Waals surface area (Å²) in [5.74, 6) is 0.144. The minimum Gasteiger partial charge on any atom is -0.493 e. The van der Waals surface area contributed by atoms with Crippen molar-refractivity contribution < 1.29 is 28.9 Å². The number of aliphatic carboxylic acids is 1. The lowest BCUT2D eigenvalue weighted by Gasteiger charge is -2.32. The number of carboxylic acids is 1. The van der Waals surface area contributed by atoms with Gasteiger partial charge in [-0.05, 0) is 30.5 Å². The number of methoxy groups -OCH3 is 3. The van der Waals surface area contributed by atoms with Crippen molar-refractivity contribution in [1.29, 1.82) is 0 Å². The van der Waals surface area contributed by atoms with Gasteiger partial charge in [-0.1, -0.05) is 0 Å². The fourth-order valence-corrected chi connectivity index (χ4v) is 2.64. The average Bonchev–Trinajstić information content (AvgIpc) is 2.48. The number of hydrogen-bond donors (Lipinski definition) is 2. The fourth-order valence-electron chi connectivity index (χ4n) is 2.64. The molecule has 1 fully saturated rings. The maximum Gasteiger partial charge on any atom is 0.306 e. The van der Waals surface area contributed by atoms with Crippen molar-refractivity contribution in [2.24, 2.45) is 5.92 Å². The van der Waals surface area contributed by atoms with Gasteiger partial charge in [-0.25, -0.2) is 0 Å². The minimum atomic E-state index is -0.805. The lowest BCUT2D eigenvalue weighted by atomic mass is 9.80. The van der Waals surface area contributed by atoms with E-state index in [9.17, 15) is 9.59 Å². The molecule has 1 aliphatic rings. The lowest BCUT2D eigenvalue weighted by Crippen LogP contribution is -2.47. The maximum atomic E-state index is 12.1. The van der Waals surface area contributed by atoms with Crippen LogP contribution >= 0.6 is 0 Å².